The highest BCUT2D eigenvalue weighted by Gasteiger charge is 2.13. The highest BCUT2D eigenvalue weighted by Crippen LogP contribution is 2.23. The van der Waals surface area contributed by atoms with Gasteiger partial charge in [0, 0.05) is 11.3 Å². The molecule has 0 bridgehead atoms. The number of amides is 1. The quantitative estimate of drug-likeness (QED) is 0.457. The largest absolute Gasteiger partial charge is 0.497 e. The average Bonchev–Trinajstić information content (AvgIpc) is 3.22. The molecule has 4 rings (SSSR count). The van der Waals surface area contributed by atoms with Crippen molar-refractivity contribution in [1.29, 1.82) is 0 Å². The number of nitrogens with one attached hydrogen (secondary N) is 2. The number of carbonyl (C=O) groups is 2. The Morgan fingerprint density at radius 1 is 1.00 bits per heavy atom. The van der Waals surface area contributed by atoms with E-state index in [4.69, 9.17) is 9.47 Å². The minimum Gasteiger partial charge on any atom is -0.497 e. The number of methoxy groups -OCH3 is 1. The van der Waals surface area contributed by atoms with E-state index in [2.05, 4.69) is 15.3 Å². The lowest BCUT2D eigenvalue weighted by Gasteiger charge is -2.07. The van der Waals surface area contributed by atoms with E-state index in [1.54, 1.807) is 37.4 Å². The molecule has 0 atom stereocenters. The maximum absolute atomic E-state index is 12.4. The Bertz CT molecular complexity index is 1230. The van der Waals surface area contributed by atoms with E-state index >= 15 is 0 Å². The van der Waals surface area contributed by atoms with E-state index < -0.39 is 11.9 Å². The molecular formula is C24H21N3O4. The van der Waals surface area contributed by atoms with Crippen molar-refractivity contribution in [3.63, 3.8) is 0 Å². The molecular weight excluding hydrogens is 394 g/mol. The molecule has 156 valence electrons. The van der Waals surface area contributed by atoms with Gasteiger partial charge in [0.15, 0.2) is 6.61 Å². The Labute approximate surface area is 179 Å². The van der Waals surface area contributed by atoms with Gasteiger partial charge in [0.05, 0.1) is 23.7 Å². The van der Waals surface area contributed by atoms with Crippen LogP contribution in [-0.2, 0) is 9.53 Å². The van der Waals surface area contributed by atoms with E-state index in [9.17, 15) is 9.59 Å². The summed E-state index contributed by atoms with van der Waals surface area (Å²) >= 11 is 0. The first-order chi connectivity index (χ1) is 15.0. The Morgan fingerprint density at radius 2 is 1.74 bits per heavy atom. The normalized spacial score (nSPS) is 10.6. The van der Waals surface area contributed by atoms with Crippen LogP contribution in [0.1, 0.15) is 15.9 Å². The van der Waals surface area contributed by atoms with Crippen molar-refractivity contribution in [1.82, 2.24) is 9.97 Å². The monoisotopic (exact) mass is 415 g/mol. The van der Waals surface area contributed by atoms with Crippen LogP contribution in [0.25, 0.3) is 22.4 Å². The van der Waals surface area contributed by atoms with E-state index in [0.29, 0.717) is 22.6 Å². The van der Waals surface area contributed by atoms with Gasteiger partial charge in [0.1, 0.15) is 11.6 Å². The minimum absolute atomic E-state index is 0.334. The molecule has 0 aliphatic rings. The van der Waals surface area contributed by atoms with Crippen molar-refractivity contribution in [3.05, 3.63) is 77.9 Å². The van der Waals surface area contributed by atoms with Crippen LogP contribution < -0.4 is 10.1 Å². The van der Waals surface area contributed by atoms with Crippen molar-refractivity contribution < 1.29 is 19.1 Å². The van der Waals surface area contributed by atoms with Gasteiger partial charge in [-0.3, -0.25) is 4.79 Å². The summed E-state index contributed by atoms with van der Waals surface area (Å²) in [6.07, 6.45) is 0. The molecule has 1 aromatic heterocycles. The summed E-state index contributed by atoms with van der Waals surface area (Å²) in [4.78, 5) is 32.2. The fourth-order valence-electron chi connectivity index (χ4n) is 3.07. The number of aromatic nitrogens is 2. The number of hydrogen-bond donors (Lipinski definition) is 2. The first kappa shape index (κ1) is 20.2. The molecule has 7 nitrogen and oxygen atoms in total. The van der Waals surface area contributed by atoms with Gasteiger partial charge in [-0.25, -0.2) is 9.78 Å². The van der Waals surface area contributed by atoms with Crippen LogP contribution in [-0.4, -0.2) is 35.6 Å². The highest BCUT2D eigenvalue weighted by atomic mass is 16.5. The summed E-state index contributed by atoms with van der Waals surface area (Å²) in [5, 5.41) is 2.69. The zero-order valence-corrected chi connectivity index (χ0v) is 17.1. The van der Waals surface area contributed by atoms with Crippen LogP contribution in [0, 0.1) is 6.92 Å². The van der Waals surface area contributed by atoms with Gasteiger partial charge in [-0.15, -0.1) is 0 Å². The van der Waals surface area contributed by atoms with Gasteiger partial charge in [0.2, 0.25) is 0 Å². The standard InChI is InChI=1S/C24H21N3O4/c1-15-3-8-18(9-4-15)25-22(28)14-31-24(29)17-7-12-20-21(13-17)27-23(26-20)16-5-10-19(30-2)11-6-16/h3-13H,14H2,1-2H3,(H,25,28)(H,26,27). The summed E-state index contributed by atoms with van der Waals surface area (Å²) in [7, 11) is 1.61. The number of H-pyrrole nitrogens is 1. The number of ether oxygens (including phenoxy) is 2. The first-order valence-corrected chi connectivity index (χ1v) is 9.69. The van der Waals surface area contributed by atoms with E-state index in [1.807, 2.05) is 43.3 Å². The lowest BCUT2D eigenvalue weighted by Crippen LogP contribution is -2.20. The number of carbonyl (C=O) groups excluding carboxylic acids is 2. The number of benzene rings is 3. The Kier molecular flexibility index (Phi) is 5.66. The molecule has 0 saturated heterocycles. The third-order valence-corrected chi connectivity index (χ3v) is 4.75. The van der Waals surface area contributed by atoms with E-state index in [1.165, 1.54) is 0 Å². The summed E-state index contributed by atoms with van der Waals surface area (Å²) in [5.74, 6) is 0.458. The van der Waals surface area contributed by atoms with Crippen LogP contribution in [0.5, 0.6) is 5.75 Å². The Balaban J connectivity index is 1.41. The smallest absolute Gasteiger partial charge is 0.338 e. The summed E-state index contributed by atoms with van der Waals surface area (Å²) in [5.41, 5.74) is 4.39. The second-order valence-corrected chi connectivity index (χ2v) is 7.04. The van der Waals surface area contributed by atoms with Gasteiger partial charge >= 0.3 is 5.97 Å². The van der Waals surface area contributed by atoms with Crippen molar-refractivity contribution in [2.75, 3.05) is 19.0 Å². The molecule has 31 heavy (non-hydrogen) atoms. The fraction of sp³-hybridized carbons (Fsp3) is 0.125. The number of rotatable bonds is 6. The average molecular weight is 415 g/mol. The van der Waals surface area contributed by atoms with Crippen molar-refractivity contribution in [3.8, 4) is 17.1 Å². The molecule has 0 saturated carbocycles. The Morgan fingerprint density at radius 3 is 2.45 bits per heavy atom. The predicted octanol–water partition coefficient (Wildman–Crippen LogP) is 4.34. The van der Waals surface area contributed by atoms with Crippen LogP contribution in [0.3, 0.4) is 0 Å². The lowest BCUT2D eigenvalue weighted by molar-refractivity contribution is -0.119. The van der Waals surface area contributed by atoms with Crippen LogP contribution in [0.15, 0.2) is 66.7 Å². The number of esters is 1. The number of aromatic amines is 1. The topological polar surface area (TPSA) is 93.3 Å². The maximum Gasteiger partial charge on any atom is 0.338 e. The molecule has 0 spiro atoms. The molecule has 0 fully saturated rings. The van der Waals surface area contributed by atoms with Gasteiger partial charge < -0.3 is 19.8 Å². The van der Waals surface area contributed by atoms with Gasteiger partial charge in [-0.2, -0.15) is 0 Å². The van der Waals surface area contributed by atoms with Crippen LogP contribution in [0.4, 0.5) is 5.69 Å². The summed E-state index contributed by atoms with van der Waals surface area (Å²) in [6, 6.07) is 19.9. The molecule has 7 heteroatoms. The van der Waals surface area contributed by atoms with Crippen molar-refractivity contribution >= 4 is 28.6 Å². The SMILES string of the molecule is COc1ccc(-c2nc3ccc(C(=O)OCC(=O)Nc4ccc(C)cc4)cc3[nH]2)cc1. The summed E-state index contributed by atoms with van der Waals surface area (Å²) in [6.45, 7) is 1.59. The van der Waals surface area contributed by atoms with Gasteiger partial charge in [-0.05, 0) is 61.5 Å². The maximum atomic E-state index is 12.4. The lowest BCUT2D eigenvalue weighted by atomic mass is 10.2. The predicted molar refractivity (Wildman–Crippen MR) is 118 cm³/mol. The fourth-order valence-corrected chi connectivity index (χ4v) is 3.07. The number of nitrogens with zero attached hydrogens (tertiary/aromatic N) is 1. The zero-order valence-electron chi connectivity index (χ0n) is 17.1. The molecule has 0 aliphatic heterocycles. The number of imidazole rings is 1. The van der Waals surface area contributed by atoms with Gasteiger partial charge in [-0.1, -0.05) is 17.7 Å². The number of fused-ring (bicyclic) bond motifs is 1. The number of anilines is 1. The third kappa shape index (κ3) is 4.72. The molecule has 0 unspecified atom stereocenters. The summed E-state index contributed by atoms with van der Waals surface area (Å²) < 4.78 is 10.3. The number of aryl methyl sites for hydroxylation is 1. The second kappa shape index (κ2) is 8.71. The molecule has 0 radical (unpaired) electrons. The molecule has 0 aliphatic carbocycles. The van der Waals surface area contributed by atoms with Gasteiger partial charge in [0.25, 0.3) is 5.91 Å². The molecule has 2 N–H and O–H groups in total. The highest BCUT2D eigenvalue weighted by molar-refractivity contribution is 5.97. The second-order valence-electron chi connectivity index (χ2n) is 7.04. The molecule has 1 amide bonds. The third-order valence-electron chi connectivity index (χ3n) is 4.75. The van der Waals surface area contributed by atoms with Crippen LogP contribution in [0.2, 0.25) is 0 Å². The molecule has 1 heterocycles. The van der Waals surface area contributed by atoms with E-state index in [0.717, 1.165) is 22.4 Å². The zero-order chi connectivity index (χ0) is 21.8. The van der Waals surface area contributed by atoms with E-state index in [-0.39, 0.29) is 6.61 Å². The van der Waals surface area contributed by atoms with Crippen LogP contribution >= 0.6 is 0 Å². The molecule has 4 aromatic rings. The Hall–Kier alpha value is -4.13. The van der Waals surface area contributed by atoms with Crippen molar-refractivity contribution in [2.45, 2.75) is 6.92 Å². The minimum atomic E-state index is -0.582. The van der Waals surface area contributed by atoms with Crippen molar-refractivity contribution in [2.24, 2.45) is 0 Å². The number of hydrogen-bond acceptors (Lipinski definition) is 5. The molecule has 3 aromatic carbocycles. The first-order valence-electron chi connectivity index (χ1n) is 9.69.